The van der Waals surface area contributed by atoms with Gasteiger partial charge in [0.2, 0.25) is 5.95 Å². The minimum absolute atomic E-state index is 0.0388. The molecule has 0 amide bonds. The highest BCUT2D eigenvalue weighted by Crippen LogP contribution is 2.34. The van der Waals surface area contributed by atoms with Gasteiger partial charge in [-0.05, 0) is 24.6 Å². The van der Waals surface area contributed by atoms with E-state index in [1.54, 1.807) is 18.2 Å². The Balaban J connectivity index is 2.33. The summed E-state index contributed by atoms with van der Waals surface area (Å²) in [5.74, 6) is -0.0327. The molecule has 0 saturated heterocycles. The lowest BCUT2D eigenvalue weighted by atomic mass is 10.2. The quantitative estimate of drug-likeness (QED) is 0.778. The van der Waals surface area contributed by atoms with Gasteiger partial charge in [0, 0.05) is 13.2 Å². The van der Waals surface area contributed by atoms with Gasteiger partial charge in [-0.15, -0.1) is 0 Å². The molecule has 1 aromatic heterocycles. The average Bonchev–Trinajstić information content (AvgIpc) is 2.53. The molecule has 0 atom stereocenters. The molecule has 2 N–H and O–H groups in total. The van der Waals surface area contributed by atoms with Crippen LogP contribution in [0.15, 0.2) is 24.4 Å². The van der Waals surface area contributed by atoms with E-state index < -0.39 is 18.4 Å². The molecular formula is C15H16F4N4O. The van der Waals surface area contributed by atoms with Gasteiger partial charge in [0.25, 0.3) is 0 Å². The van der Waals surface area contributed by atoms with Gasteiger partial charge >= 0.3 is 6.18 Å². The van der Waals surface area contributed by atoms with Crippen molar-refractivity contribution in [3.05, 3.63) is 35.5 Å². The molecule has 0 saturated carbocycles. The Morgan fingerprint density at radius 2 is 2.00 bits per heavy atom. The van der Waals surface area contributed by atoms with Crippen LogP contribution >= 0.6 is 0 Å². The fourth-order valence-corrected chi connectivity index (χ4v) is 1.98. The number of nitrogens with one attached hydrogen (secondary N) is 2. The smallest absolute Gasteiger partial charge is 0.421 e. The van der Waals surface area contributed by atoms with Crippen molar-refractivity contribution >= 4 is 17.5 Å². The number of alkyl halides is 4. The molecule has 2 rings (SSSR count). The topological polar surface area (TPSA) is 59.1 Å². The molecule has 24 heavy (non-hydrogen) atoms. The van der Waals surface area contributed by atoms with Crippen LogP contribution in [0.2, 0.25) is 0 Å². The molecule has 0 aliphatic rings. The van der Waals surface area contributed by atoms with Crippen LogP contribution in [-0.2, 0) is 6.18 Å². The van der Waals surface area contributed by atoms with Crippen molar-refractivity contribution in [3.63, 3.8) is 0 Å². The third-order valence-electron chi connectivity index (χ3n) is 3.05. The first-order chi connectivity index (χ1) is 11.3. The van der Waals surface area contributed by atoms with Crippen molar-refractivity contribution in [2.45, 2.75) is 13.1 Å². The van der Waals surface area contributed by atoms with Gasteiger partial charge in [-0.2, -0.15) is 18.2 Å². The Morgan fingerprint density at radius 3 is 2.62 bits per heavy atom. The Hall–Kier alpha value is -2.58. The van der Waals surface area contributed by atoms with E-state index in [0.717, 1.165) is 5.56 Å². The maximum atomic E-state index is 12.9. The molecule has 0 fully saturated rings. The van der Waals surface area contributed by atoms with Crippen LogP contribution in [0.25, 0.3) is 0 Å². The van der Waals surface area contributed by atoms with E-state index >= 15 is 0 Å². The summed E-state index contributed by atoms with van der Waals surface area (Å²) in [6, 6.07) is 5.11. The second kappa shape index (κ2) is 7.33. The SMILES string of the molecule is CNc1nc(Nc2cc(C)ccc2OCCF)ncc1C(F)(F)F. The van der Waals surface area contributed by atoms with Crippen LogP contribution in [0.5, 0.6) is 5.75 Å². The molecule has 5 nitrogen and oxygen atoms in total. The monoisotopic (exact) mass is 344 g/mol. The van der Waals surface area contributed by atoms with Crippen LogP contribution in [-0.4, -0.2) is 30.3 Å². The number of benzene rings is 1. The van der Waals surface area contributed by atoms with Crippen LogP contribution in [0, 0.1) is 6.92 Å². The lowest BCUT2D eigenvalue weighted by molar-refractivity contribution is -0.137. The third-order valence-corrected chi connectivity index (χ3v) is 3.05. The number of rotatable bonds is 6. The van der Waals surface area contributed by atoms with E-state index in [4.69, 9.17) is 4.74 Å². The second-order valence-electron chi connectivity index (χ2n) is 4.87. The zero-order valence-corrected chi connectivity index (χ0v) is 13.0. The molecular weight excluding hydrogens is 328 g/mol. The minimum atomic E-state index is -4.56. The Bertz CT molecular complexity index is 706. The first-order valence-electron chi connectivity index (χ1n) is 7.03. The van der Waals surface area contributed by atoms with Crippen LogP contribution < -0.4 is 15.4 Å². The summed E-state index contributed by atoms with van der Waals surface area (Å²) in [5.41, 5.74) is 0.352. The first kappa shape index (κ1) is 17.8. The van der Waals surface area contributed by atoms with Gasteiger partial charge in [0.05, 0.1) is 5.69 Å². The highest BCUT2D eigenvalue weighted by molar-refractivity contribution is 5.64. The van der Waals surface area contributed by atoms with Gasteiger partial charge in [-0.3, -0.25) is 0 Å². The largest absolute Gasteiger partial charge is 0.489 e. The Kier molecular flexibility index (Phi) is 5.42. The van der Waals surface area contributed by atoms with Crippen molar-refractivity contribution in [2.75, 3.05) is 31.0 Å². The van der Waals surface area contributed by atoms with E-state index in [-0.39, 0.29) is 18.4 Å². The number of nitrogens with zero attached hydrogens (tertiary/aromatic N) is 2. The van der Waals surface area contributed by atoms with Crippen molar-refractivity contribution in [1.29, 1.82) is 0 Å². The van der Waals surface area contributed by atoms with E-state index in [1.807, 2.05) is 6.92 Å². The summed E-state index contributed by atoms with van der Waals surface area (Å²) in [4.78, 5) is 7.51. The van der Waals surface area contributed by atoms with Crippen LogP contribution in [0.4, 0.5) is 35.0 Å². The Labute approximate surface area is 136 Å². The first-order valence-corrected chi connectivity index (χ1v) is 7.03. The minimum Gasteiger partial charge on any atom is -0.489 e. The van der Waals surface area contributed by atoms with Gasteiger partial charge in [0.15, 0.2) is 0 Å². The van der Waals surface area contributed by atoms with Gasteiger partial charge in [-0.1, -0.05) is 6.07 Å². The molecule has 0 spiro atoms. The Morgan fingerprint density at radius 1 is 1.25 bits per heavy atom. The van der Waals surface area contributed by atoms with E-state index in [9.17, 15) is 17.6 Å². The summed E-state index contributed by atoms with van der Waals surface area (Å²) in [7, 11) is 1.34. The number of hydrogen-bond acceptors (Lipinski definition) is 5. The summed E-state index contributed by atoms with van der Waals surface area (Å²) >= 11 is 0. The van der Waals surface area contributed by atoms with E-state index in [0.29, 0.717) is 17.6 Å². The summed E-state index contributed by atoms with van der Waals surface area (Å²) in [5, 5.41) is 5.20. The van der Waals surface area contributed by atoms with Crippen LogP contribution in [0.3, 0.4) is 0 Å². The average molecular weight is 344 g/mol. The van der Waals surface area contributed by atoms with Gasteiger partial charge < -0.3 is 15.4 Å². The molecule has 2 aromatic rings. The molecule has 0 radical (unpaired) electrons. The fraction of sp³-hybridized carbons (Fsp3) is 0.333. The molecule has 0 bridgehead atoms. The summed E-state index contributed by atoms with van der Waals surface area (Å²) in [6.45, 7) is 1.04. The highest BCUT2D eigenvalue weighted by Gasteiger charge is 2.35. The summed E-state index contributed by atoms with van der Waals surface area (Å²) in [6.07, 6.45) is -3.87. The van der Waals surface area contributed by atoms with E-state index in [2.05, 4.69) is 20.6 Å². The maximum absolute atomic E-state index is 12.9. The zero-order valence-electron chi connectivity index (χ0n) is 13.0. The predicted octanol–water partition coefficient (Wildman–Crippen LogP) is 3.94. The number of ether oxygens (including phenoxy) is 1. The third kappa shape index (κ3) is 4.24. The molecule has 0 aliphatic carbocycles. The standard InChI is InChI=1S/C15H16F4N4O/c1-9-3-4-12(24-6-5-16)11(7-9)22-14-21-8-10(15(17,18)19)13(20-2)23-14/h3-4,7-8H,5-6H2,1-2H3,(H2,20,21,22,23). The molecule has 0 unspecified atom stereocenters. The van der Waals surface area contributed by atoms with Gasteiger partial charge in [0.1, 0.15) is 30.4 Å². The zero-order chi connectivity index (χ0) is 17.7. The molecule has 1 aromatic carbocycles. The van der Waals surface area contributed by atoms with Crippen molar-refractivity contribution in [3.8, 4) is 5.75 Å². The van der Waals surface area contributed by atoms with E-state index in [1.165, 1.54) is 7.05 Å². The number of halogens is 4. The molecule has 130 valence electrons. The molecule has 0 aliphatic heterocycles. The summed E-state index contributed by atoms with van der Waals surface area (Å²) < 4.78 is 56.1. The maximum Gasteiger partial charge on any atom is 0.421 e. The highest BCUT2D eigenvalue weighted by atomic mass is 19.4. The number of aryl methyl sites for hydroxylation is 1. The number of aromatic nitrogens is 2. The predicted molar refractivity (Wildman–Crippen MR) is 82.5 cm³/mol. The number of hydrogen-bond donors (Lipinski definition) is 2. The van der Waals surface area contributed by atoms with Crippen molar-refractivity contribution in [1.82, 2.24) is 9.97 Å². The lowest BCUT2D eigenvalue weighted by Gasteiger charge is -2.15. The van der Waals surface area contributed by atoms with Crippen LogP contribution in [0.1, 0.15) is 11.1 Å². The number of anilines is 3. The normalized spacial score (nSPS) is 11.2. The molecule has 1 heterocycles. The second-order valence-corrected chi connectivity index (χ2v) is 4.87. The molecule has 9 heteroatoms. The van der Waals surface area contributed by atoms with Crippen molar-refractivity contribution in [2.24, 2.45) is 0 Å². The fourth-order valence-electron chi connectivity index (χ4n) is 1.98. The van der Waals surface area contributed by atoms with Crippen molar-refractivity contribution < 1.29 is 22.3 Å². The lowest BCUT2D eigenvalue weighted by Crippen LogP contribution is -2.12. The van der Waals surface area contributed by atoms with Gasteiger partial charge in [-0.25, -0.2) is 9.37 Å².